The van der Waals surface area contributed by atoms with Gasteiger partial charge in [-0.2, -0.15) is 0 Å². The summed E-state index contributed by atoms with van der Waals surface area (Å²) in [7, 11) is 0. The van der Waals surface area contributed by atoms with E-state index in [4.69, 9.17) is 0 Å². The largest absolute Gasteiger partial charge is 0.265 e. The zero-order valence-corrected chi connectivity index (χ0v) is 24.5. The summed E-state index contributed by atoms with van der Waals surface area (Å²) in [4.78, 5) is 4.17. The third-order valence-electron chi connectivity index (χ3n) is 10.2. The number of hydrogen-bond donors (Lipinski definition) is 0. The van der Waals surface area contributed by atoms with E-state index in [-0.39, 0.29) is 5.41 Å². The molecule has 0 amide bonds. The van der Waals surface area contributed by atoms with Crippen LogP contribution in [0, 0.1) is 0 Å². The number of aromatic nitrogens is 1. The number of benzene rings is 7. The Balaban J connectivity index is 1.24. The van der Waals surface area contributed by atoms with Crippen LogP contribution in [0.4, 0.5) is 0 Å². The van der Waals surface area contributed by atoms with Gasteiger partial charge in [-0.1, -0.05) is 121 Å². The molecule has 1 heterocycles. The van der Waals surface area contributed by atoms with Gasteiger partial charge in [0.1, 0.15) is 0 Å². The third-order valence-corrected chi connectivity index (χ3v) is 10.2. The summed E-state index contributed by atoms with van der Waals surface area (Å²) >= 11 is 0. The predicted molar refractivity (Wildman–Crippen MR) is 186 cm³/mol. The summed E-state index contributed by atoms with van der Waals surface area (Å²) < 4.78 is 0. The van der Waals surface area contributed by atoms with Crippen molar-refractivity contribution in [1.29, 1.82) is 0 Å². The maximum absolute atomic E-state index is 4.17. The highest BCUT2D eigenvalue weighted by Crippen LogP contribution is 2.64. The summed E-state index contributed by atoms with van der Waals surface area (Å²) in [6.07, 6.45) is 3.69. The Labute approximate surface area is 262 Å². The number of hydrogen-bond acceptors (Lipinski definition) is 1. The topological polar surface area (TPSA) is 12.9 Å². The van der Waals surface area contributed by atoms with E-state index in [1.165, 1.54) is 88.3 Å². The van der Waals surface area contributed by atoms with Crippen molar-refractivity contribution in [1.82, 2.24) is 4.98 Å². The molecule has 0 fully saturated rings. The molecule has 0 aliphatic heterocycles. The molecule has 2 aliphatic rings. The highest BCUT2D eigenvalue weighted by molar-refractivity contribution is 6.06. The Morgan fingerprint density at radius 3 is 1.64 bits per heavy atom. The summed E-state index contributed by atoms with van der Waals surface area (Å²) in [6.45, 7) is 0. The molecular weight excluding hydrogens is 542 g/mol. The van der Waals surface area contributed by atoms with E-state index in [2.05, 4.69) is 157 Å². The molecule has 1 nitrogen and oxygen atoms in total. The number of nitrogens with zero attached hydrogens (tertiary/aromatic N) is 1. The minimum atomic E-state index is -0.380. The van der Waals surface area contributed by atoms with Crippen molar-refractivity contribution in [3.63, 3.8) is 0 Å². The minimum absolute atomic E-state index is 0.380. The van der Waals surface area contributed by atoms with Crippen LogP contribution in [0.2, 0.25) is 0 Å². The monoisotopic (exact) mass is 569 g/mol. The van der Waals surface area contributed by atoms with E-state index in [0.29, 0.717) is 0 Å². The number of rotatable bonds is 2. The fourth-order valence-corrected chi connectivity index (χ4v) is 8.24. The highest BCUT2D eigenvalue weighted by atomic mass is 14.6. The molecule has 2 aliphatic carbocycles. The second-order valence-corrected chi connectivity index (χ2v) is 12.3. The second-order valence-electron chi connectivity index (χ2n) is 12.3. The molecule has 45 heavy (non-hydrogen) atoms. The minimum Gasteiger partial charge on any atom is -0.265 e. The van der Waals surface area contributed by atoms with Crippen molar-refractivity contribution in [2.45, 2.75) is 5.41 Å². The first-order valence-electron chi connectivity index (χ1n) is 15.6. The van der Waals surface area contributed by atoms with Crippen LogP contribution in [0.25, 0.3) is 66.1 Å². The van der Waals surface area contributed by atoms with E-state index in [1.807, 2.05) is 12.4 Å². The van der Waals surface area contributed by atoms with Crippen molar-refractivity contribution >= 4 is 21.5 Å². The molecule has 0 radical (unpaired) electrons. The maximum atomic E-state index is 4.17. The lowest BCUT2D eigenvalue weighted by atomic mass is 9.69. The Hall–Kier alpha value is -5.79. The zero-order chi connectivity index (χ0) is 29.5. The first kappa shape index (κ1) is 24.6. The Bertz CT molecular complexity index is 2420. The van der Waals surface area contributed by atoms with Gasteiger partial charge in [-0.25, -0.2) is 0 Å². The van der Waals surface area contributed by atoms with Crippen LogP contribution in [-0.2, 0) is 5.41 Å². The Morgan fingerprint density at radius 1 is 0.356 bits per heavy atom. The normalized spacial score (nSPS) is 13.5. The quantitative estimate of drug-likeness (QED) is 0.202. The van der Waals surface area contributed by atoms with Crippen molar-refractivity contribution < 1.29 is 0 Å². The maximum Gasteiger partial charge on any atom is 0.0731 e. The van der Waals surface area contributed by atoms with E-state index in [9.17, 15) is 0 Å². The van der Waals surface area contributed by atoms with Gasteiger partial charge in [0.05, 0.1) is 5.41 Å². The molecule has 10 rings (SSSR count). The smallest absolute Gasteiger partial charge is 0.0731 e. The molecule has 1 spiro atoms. The van der Waals surface area contributed by atoms with Gasteiger partial charge in [-0.3, -0.25) is 4.98 Å². The van der Waals surface area contributed by atoms with Crippen molar-refractivity contribution in [2.75, 3.05) is 0 Å². The van der Waals surface area contributed by atoms with Crippen LogP contribution in [-0.4, -0.2) is 4.98 Å². The van der Waals surface area contributed by atoms with E-state index >= 15 is 0 Å². The van der Waals surface area contributed by atoms with Crippen LogP contribution in [0.3, 0.4) is 0 Å². The standard InChI is InChI=1S/C44H27N/c1-2-8-32-27-42-39(26-31(32)7-1)38-20-18-34-25-33(29-15-13-28(14-16-29)30-21-23-45-24-22-30)17-19-35(34)43(38)44(42)40-11-5-3-9-36(40)37-10-4-6-12-41(37)44/h1-27H. The lowest BCUT2D eigenvalue weighted by Gasteiger charge is -2.31. The average molecular weight is 570 g/mol. The molecule has 1 heteroatoms. The molecule has 0 saturated carbocycles. The van der Waals surface area contributed by atoms with Crippen LogP contribution >= 0.6 is 0 Å². The zero-order valence-electron chi connectivity index (χ0n) is 24.5. The fraction of sp³-hybridized carbons (Fsp3) is 0.0227. The summed E-state index contributed by atoms with van der Waals surface area (Å²) in [5.41, 5.74) is 15.3. The van der Waals surface area contributed by atoms with E-state index < -0.39 is 0 Å². The SMILES string of the molecule is c1ccc2c(c1)-c1ccccc1C21c2cc3ccccc3cc2-c2ccc3cc(-c4ccc(-c5ccncc5)cc4)ccc3c21. The summed E-state index contributed by atoms with van der Waals surface area (Å²) in [5, 5.41) is 5.15. The van der Waals surface area contributed by atoms with Gasteiger partial charge < -0.3 is 0 Å². The van der Waals surface area contributed by atoms with Gasteiger partial charge in [-0.15, -0.1) is 0 Å². The molecular formula is C44H27N. The highest BCUT2D eigenvalue weighted by Gasteiger charge is 2.52. The molecule has 0 atom stereocenters. The predicted octanol–water partition coefficient (Wildman–Crippen LogP) is 11.1. The molecule has 7 aromatic carbocycles. The Kier molecular flexibility index (Phi) is 4.99. The van der Waals surface area contributed by atoms with Crippen molar-refractivity contribution in [3.05, 3.63) is 186 Å². The van der Waals surface area contributed by atoms with Crippen LogP contribution < -0.4 is 0 Å². The molecule has 1 aromatic heterocycles. The van der Waals surface area contributed by atoms with Gasteiger partial charge in [0.15, 0.2) is 0 Å². The summed E-state index contributed by atoms with van der Waals surface area (Å²) in [6, 6.07) is 56.6. The molecule has 0 saturated heterocycles. The molecule has 0 bridgehead atoms. The van der Waals surface area contributed by atoms with Crippen LogP contribution in [0.1, 0.15) is 22.3 Å². The molecule has 0 unspecified atom stereocenters. The lowest BCUT2D eigenvalue weighted by molar-refractivity contribution is 0.802. The van der Waals surface area contributed by atoms with Gasteiger partial charge in [0.25, 0.3) is 0 Å². The van der Waals surface area contributed by atoms with Crippen LogP contribution in [0.5, 0.6) is 0 Å². The Morgan fingerprint density at radius 2 is 0.933 bits per heavy atom. The van der Waals surface area contributed by atoms with Crippen LogP contribution in [0.15, 0.2) is 164 Å². The number of pyridine rings is 1. The lowest BCUT2D eigenvalue weighted by Crippen LogP contribution is -2.26. The van der Waals surface area contributed by atoms with Gasteiger partial charge in [-0.05, 0) is 119 Å². The molecule has 8 aromatic rings. The first-order chi connectivity index (χ1) is 22.3. The number of fused-ring (bicyclic) bond motifs is 13. The second kappa shape index (κ2) is 9.11. The van der Waals surface area contributed by atoms with Gasteiger partial charge in [0, 0.05) is 12.4 Å². The summed E-state index contributed by atoms with van der Waals surface area (Å²) in [5.74, 6) is 0. The molecule has 208 valence electrons. The van der Waals surface area contributed by atoms with E-state index in [1.54, 1.807) is 0 Å². The molecule has 0 N–H and O–H groups in total. The fourth-order valence-electron chi connectivity index (χ4n) is 8.24. The van der Waals surface area contributed by atoms with E-state index in [0.717, 1.165) is 0 Å². The third kappa shape index (κ3) is 3.30. The van der Waals surface area contributed by atoms with Crippen molar-refractivity contribution in [3.8, 4) is 44.5 Å². The van der Waals surface area contributed by atoms with Crippen molar-refractivity contribution in [2.24, 2.45) is 0 Å². The first-order valence-corrected chi connectivity index (χ1v) is 15.6. The average Bonchev–Trinajstić information content (AvgIpc) is 3.58. The van der Waals surface area contributed by atoms with Gasteiger partial charge >= 0.3 is 0 Å². The van der Waals surface area contributed by atoms with Gasteiger partial charge in [0.2, 0.25) is 0 Å².